The first-order valence-electron chi connectivity index (χ1n) is 6.09. The minimum atomic E-state index is -4.44. The summed E-state index contributed by atoms with van der Waals surface area (Å²) in [4.78, 5) is 11.5. The molecule has 0 saturated heterocycles. The van der Waals surface area contributed by atoms with E-state index in [4.69, 9.17) is 3.69 Å². The minimum absolute atomic E-state index is 0.0217. The van der Waals surface area contributed by atoms with Crippen LogP contribution in [-0.4, -0.2) is 41.7 Å². The standard InChI is InChI=1S/C12H20O6.H2O.O.Ti/c1-4-7-10(6-3,8-5-2)12(17,18)11(15,16)9(13)14;;;/h4-5,15-18H,1-2,6-8H2,3H3,(H,13,14);1H2;;/q;;;+2/p-2. The van der Waals surface area contributed by atoms with Gasteiger partial charge in [-0.1, -0.05) is 0 Å². The van der Waals surface area contributed by atoms with Crippen molar-refractivity contribution in [1.29, 1.82) is 0 Å². The number of rotatable bonds is 9. The Morgan fingerprint density at radius 1 is 1.19 bits per heavy atom. The second-order valence-electron chi connectivity index (χ2n) is 4.62. The number of hydrogen-bond acceptors (Lipinski definition) is 7. The zero-order valence-electron chi connectivity index (χ0n) is 11.7. The van der Waals surface area contributed by atoms with Gasteiger partial charge in [-0.25, -0.2) is 0 Å². The maximum absolute atomic E-state index is 11.5. The van der Waals surface area contributed by atoms with E-state index in [0.29, 0.717) is 0 Å². The molecular weight excluding hydrogens is 320 g/mol. The molecule has 0 aromatic carbocycles. The van der Waals surface area contributed by atoms with E-state index in [1.54, 1.807) is 0 Å². The molecule has 8 nitrogen and oxygen atoms in total. The Morgan fingerprint density at radius 3 is 1.90 bits per heavy atom. The topological polar surface area (TPSA) is 145 Å². The summed E-state index contributed by atoms with van der Waals surface area (Å²) >= 11 is -4.44. The fourth-order valence-corrected chi connectivity index (χ4v) is 2.59. The Hall–Kier alpha value is -0.736. The Labute approximate surface area is 129 Å². The van der Waals surface area contributed by atoms with Gasteiger partial charge in [0.25, 0.3) is 0 Å². The van der Waals surface area contributed by atoms with Crippen molar-refractivity contribution in [2.45, 2.75) is 37.8 Å². The Kier molecular flexibility index (Phi) is 7.24. The zero-order chi connectivity index (χ0) is 16.9. The van der Waals surface area contributed by atoms with E-state index < -0.39 is 41.6 Å². The van der Waals surface area contributed by atoms with Gasteiger partial charge in [-0.05, 0) is 0 Å². The molecule has 0 aromatic rings. The third kappa shape index (κ3) is 3.92. The van der Waals surface area contributed by atoms with Crippen LogP contribution in [0.25, 0.3) is 0 Å². The Bertz CT molecular complexity index is 419. The van der Waals surface area contributed by atoms with E-state index >= 15 is 0 Å². The van der Waals surface area contributed by atoms with Gasteiger partial charge in [-0.15, -0.1) is 0 Å². The van der Waals surface area contributed by atoms with Crippen molar-refractivity contribution in [2.24, 2.45) is 5.41 Å². The molecule has 0 radical (unpaired) electrons. The molecule has 120 valence electrons. The number of carbonyl (C=O) groups excluding carboxylic acids is 1. The van der Waals surface area contributed by atoms with Gasteiger partial charge in [0.05, 0.1) is 0 Å². The number of aliphatic hydroxyl groups is 4. The van der Waals surface area contributed by atoms with Crippen molar-refractivity contribution in [3.63, 3.8) is 0 Å². The van der Waals surface area contributed by atoms with Gasteiger partial charge in [0.1, 0.15) is 0 Å². The summed E-state index contributed by atoms with van der Waals surface area (Å²) < 4.78 is 23.0. The fraction of sp³-hybridized carbons (Fsp3) is 0.583. The number of carbonyl (C=O) groups is 1. The molecule has 0 saturated carbocycles. The van der Waals surface area contributed by atoms with Gasteiger partial charge in [-0.3, -0.25) is 0 Å². The summed E-state index contributed by atoms with van der Waals surface area (Å²) in [5.74, 6) is -9.16. The van der Waals surface area contributed by atoms with Gasteiger partial charge in [0.2, 0.25) is 0 Å². The SMILES string of the molecule is C=CCC(CC)(CC=C)C(O)(O)C(O)(O)C(=O)[O][Ti](=[O])[OH]. The molecule has 0 heterocycles. The van der Waals surface area contributed by atoms with Crippen LogP contribution >= 0.6 is 0 Å². The van der Waals surface area contributed by atoms with Crippen LogP contribution in [-0.2, 0) is 30.1 Å². The first-order valence-corrected chi connectivity index (χ1v) is 8.06. The van der Waals surface area contributed by atoms with Crippen LogP contribution in [0.4, 0.5) is 0 Å². The van der Waals surface area contributed by atoms with E-state index in [-0.39, 0.29) is 19.3 Å². The van der Waals surface area contributed by atoms with E-state index in [9.17, 15) is 28.5 Å². The molecule has 0 fully saturated rings. The summed E-state index contributed by atoms with van der Waals surface area (Å²) in [7, 11) is 0. The molecular formula is C12H20O8Ti. The third-order valence-corrected chi connectivity index (χ3v) is 4.00. The van der Waals surface area contributed by atoms with Crippen molar-refractivity contribution in [2.75, 3.05) is 0 Å². The molecule has 0 unspecified atom stereocenters. The molecule has 0 aliphatic heterocycles. The van der Waals surface area contributed by atoms with E-state index in [1.165, 1.54) is 19.1 Å². The van der Waals surface area contributed by atoms with Crippen LogP contribution in [0.15, 0.2) is 25.3 Å². The van der Waals surface area contributed by atoms with Crippen LogP contribution in [0.1, 0.15) is 26.2 Å². The van der Waals surface area contributed by atoms with E-state index in [0.717, 1.165) is 0 Å². The second-order valence-corrected chi connectivity index (χ2v) is 5.77. The average molecular weight is 340 g/mol. The molecule has 5 N–H and O–H groups in total. The summed E-state index contributed by atoms with van der Waals surface area (Å²) in [5.41, 5.74) is -1.60. The Morgan fingerprint density at radius 2 is 1.62 bits per heavy atom. The molecule has 0 atom stereocenters. The van der Waals surface area contributed by atoms with Crippen molar-refractivity contribution in [3.8, 4) is 0 Å². The van der Waals surface area contributed by atoms with Crippen molar-refractivity contribution in [3.05, 3.63) is 25.3 Å². The van der Waals surface area contributed by atoms with Gasteiger partial charge in [0, 0.05) is 0 Å². The molecule has 0 aliphatic rings. The molecule has 0 bridgehead atoms. The monoisotopic (exact) mass is 340 g/mol. The molecule has 21 heavy (non-hydrogen) atoms. The maximum atomic E-state index is 11.5. The van der Waals surface area contributed by atoms with Crippen LogP contribution in [0, 0.1) is 5.41 Å². The van der Waals surface area contributed by atoms with Crippen LogP contribution in [0.5, 0.6) is 0 Å². The summed E-state index contributed by atoms with van der Waals surface area (Å²) in [5, 5.41) is 39.9. The van der Waals surface area contributed by atoms with Crippen molar-refractivity contribution < 1.29 is 54.2 Å². The van der Waals surface area contributed by atoms with Crippen molar-refractivity contribution >= 4 is 5.97 Å². The van der Waals surface area contributed by atoms with E-state index in [2.05, 4.69) is 16.5 Å². The normalized spacial score (nSPS) is 12.7. The molecule has 0 rings (SSSR count). The van der Waals surface area contributed by atoms with Gasteiger partial charge >= 0.3 is 129 Å². The second kappa shape index (κ2) is 7.50. The third-order valence-electron chi connectivity index (χ3n) is 3.44. The molecule has 0 aromatic heterocycles. The summed E-state index contributed by atoms with van der Waals surface area (Å²) in [6.45, 7) is 8.43. The first kappa shape index (κ1) is 20.3. The van der Waals surface area contributed by atoms with Crippen LogP contribution in [0.2, 0.25) is 0 Å². The summed E-state index contributed by atoms with van der Waals surface area (Å²) in [6, 6.07) is 0. The first-order chi connectivity index (χ1) is 9.52. The van der Waals surface area contributed by atoms with Gasteiger partial charge in [0.15, 0.2) is 0 Å². The average Bonchev–Trinajstić information content (AvgIpc) is 2.36. The summed E-state index contributed by atoms with van der Waals surface area (Å²) in [6.07, 6.45) is 2.48. The van der Waals surface area contributed by atoms with Crippen LogP contribution in [0.3, 0.4) is 0 Å². The number of hydrogen-bond donors (Lipinski definition) is 5. The predicted molar refractivity (Wildman–Crippen MR) is 65.7 cm³/mol. The van der Waals surface area contributed by atoms with Gasteiger partial charge < -0.3 is 0 Å². The quantitative estimate of drug-likeness (QED) is 0.209. The zero-order valence-corrected chi connectivity index (χ0v) is 13.2. The fourth-order valence-electron chi connectivity index (χ4n) is 2.12. The molecule has 0 amide bonds. The van der Waals surface area contributed by atoms with Crippen molar-refractivity contribution in [1.82, 2.24) is 0 Å². The number of allylic oxidation sites excluding steroid dienone is 2. The molecule has 0 spiro atoms. The molecule has 0 aliphatic carbocycles. The van der Waals surface area contributed by atoms with Crippen LogP contribution < -0.4 is 0 Å². The predicted octanol–water partition coefficient (Wildman–Crippen LogP) is -0.774. The van der Waals surface area contributed by atoms with E-state index in [1.807, 2.05) is 0 Å². The molecule has 9 heteroatoms. The van der Waals surface area contributed by atoms with Gasteiger partial charge in [-0.2, -0.15) is 0 Å². The Balaban J connectivity index is 5.84.